The molecule has 6 nitrogen and oxygen atoms in total. The molecule has 0 saturated carbocycles. The highest BCUT2D eigenvalue weighted by atomic mass is 32.1. The van der Waals surface area contributed by atoms with Gasteiger partial charge in [0.15, 0.2) is 5.11 Å². The third-order valence-electron chi connectivity index (χ3n) is 4.01. The van der Waals surface area contributed by atoms with Crippen molar-refractivity contribution < 1.29 is 4.74 Å². The van der Waals surface area contributed by atoms with Crippen molar-refractivity contribution >= 4 is 29.1 Å². The van der Waals surface area contributed by atoms with Crippen molar-refractivity contribution in [3.8, 4) is 0 Å². The predicted octanol–water partition coefficient (Wildman–Crippen LogP) is 1.85. The molecule has 2 saturated heterocycles. The lowest BCUT2D eigenvalue weighted by molar-refractivity contribution is 0.114. The first-order valence-electron chi connectivity index (χ1n) is 7.98. The molecule has 2 fully saturated rings. The predicted molar refractivity (Wildman–Crippen MR) is 91.4 cm³/mol. The summed E-state index contributed by atoms with van der Waals surface area (Å²) in [6, 6.07) is 2.03. The van der Waals surface area contributed by atoms with Gasteiger partial charge in [0.1, 0.15) is 5.82 Å². The van der Waals surface area contributed by atoms with Crippen molar-refractivity contribution in [1.29, 1.82) is 0 Å². The molecule has 0 spiro atoms. The van der Waals surface area contributed by atoms with Gasteiger partial charge in [-0.15, -0.1) is 0 Å². The number of hydrogen-bond donors (Lipinski definition) is 2. The van der Waals surface area contributed by atoms with E-state index in [1.807, 2.05) is 13.0 Å². The van der Waals surface area contributed by atoms with Crippen molar-refractivity contribution in [1.82, 2.24) is 15.3 Å². The largest absolute Gasteiger partial charge is 0.376 e. The molecule has 0 aromatic carbocycles. The highest BCUT2D eigenvalue weighted by Crippen LogP contribution is 2.19. The maximum Gasteiger partial charge on any atom is 0.231 e. The molecule has 3 rings (SSSR count). The Morgan fingerprint density at radius 2 is 2.18 bits per heavy atom. The molecule has 0 amide bonds. The Balaban J connectivity index is 1.57. The molecule has 22 heavy (non-hydrogen) atoms. The molecule has 1 atom stereocenters. The number of anilines is 2. The molecule has 1 aromatic heterocycles. The van der Waals surface area contributed by atoms with E-state index in [9.17, 15) is 0 Å². The maximum absolute atomic E-state index is 5.57. The van der Waals surface area contributed by atoms with Crippen molar-refractivity contribution in [2.75, 3.05) is 36.5 Å². The molecule has 2 aliphatic heterocycles. The van der Waals surface area contributed by atoms with E-state index in [1.54, 1.807) is 0 Å². The number of nitrogens with zero attached hydrogens (tertiary/aromatic N) is 3. The normalized spacial score (nSPS) is 21.1. The van der Waals surface area contributed by atoms with E-state index >= 15 is 0 Å². The topological polar surface area (TPSA) is 62.3 Å². The van der Waals surface area contributed by atoms with Crippen LogP contribution in [0.15, 0.2) is 6.07 Å². The smallest absolute Gasteiger partial charge is 0.231 e. The Kier molecular flexibility index (Phi) is 5.04. The highest BCUT2D eigenvalue weighted by molar-refractivity contribution is 7.80. The van der Waals surface area contributed by atoms with Crippen LogP contribution in [0.5, 0.6) is 0 Å². The minimum atomic E-state index is 0.262. The van der Waals surface area contributed by atoms with Crippen LogP contribution >= 0.6 is 12.2 Å². The van der Waals surface area contributed by atoms with Crippen molar-refractivity contribution in [3.63, 3.8) is 0 Å². The zero-order valence-corrected chi connectivity index (χ0v) is 13.8. The number of aryl methyl sites for hydroxylation is 1. The lowest BCUT2D eigenvalue weighted by atomic mass is 10.2. The summed E-state index contributed by atoms with van der Waals surface area (Å²) in [7, 11) is 0. The first-order valence-corrected chi connectivity index (χ1v) is 8.38. The molecule has 0 aliphatic carbocycles. The van der Waals surface area contributed by atoms with E-state index in [-0.39, 0.29) is 6.10 Å². The van der Waals surface area contributed by atoms with E-state index in [4.69, 9.17) is 17.0 Å². The second-order valence-electron chi connectivity index (χ2n) is 5.86. The molecule has 1 aromatic rings. The summed E-state index contributed by atoms with van der Waals surface area (Å²) in [5.41, 5.74) is 0.946. The lowest BCUT2D eigenvalue weighted by Crippen LogP contribution is -2.35. The van der Waals surface area contributed by atoms with Gasteiger partial charge in [0.05, 0.1) is 6.10 Å². The van der Waals surface area contributed by atoms with Gasteiger partial charge in [0.25, 0.3) is 0 Å². The third kappa shape index (κ3) is 4.04. The Bertz CT molecular complexity index is 527. The Morgan fingerprint density at radius 3 is 2.91 bits per heavy atom. The fourth-order valence-electron chi connectivity index (χ4n) is 2.87. The molecular formula is C15H23N5OS. The lowest BCUT2D eigenvalue weighted by Gasteiger charge is -2.18. The van der Waals surface area contributed by atoms with Gasteiger partial charge < -0.3 is 20.3 Å². The standard InChI is InChI=1S/C15H23N5OS/c1-11-9-13(20-6-2-3-7-20)18-14(17-11)19-15(22)16-10-12-5-4-8-21-12/h9,12H,2-8,10H2,1H3,(H2,16,17,18,19,22). The fraction of sp³-hybridized carbons (Fsp3) is 0.667. The minimum Gasteiger partial charge on any atom is -0.376 e. The fourth-order valence-corrected chi connectivity index (χ4v) is 3.05. The first kappa shape index (κ1) is 15.4. The van der Waals surface area contributed by atoms with E-state index in [2.05, 4.69) is 25.5 Å². The molecule has 2 N–H and O–H groups in total. The van der Waals surface area contributed by atoms with Crippen LogP contribution in [0, 0.1) is 6.92 Å². The highest BCUT2D eigenvalue weighted by Gasteiger charge is 2.17. The third-order valence-corrected chi connectivity index (χ3v) is 4.26. The molecule has 2 aliphatic rings. The van der Waals surface area contributed by atoms with Crippen LogP contribution in [0.4, 0.5) is 11.8 Å². The van der Waals surface area contributed by atoms with E-state index < -0.39 is 0 Å². The summed E-state index contributed by atoms with van der Waals surface area (Å²) >= 11 is 5.32. The summed E-state index contributed by atoms with van der Waals surface area (Å²) in [5, 5.41) is 6.82. The SMILES string of the molecule is Cc1cc(N2CCCC2)nc(NC(=S)NCC2CCCO2)n1. The van der Waals surface area contributed by atoms with Gasteiger partial charge >= 0.3 is 0 Å². The zero-order valence-electron chi connectivity index (χ0n) is 13.0. The molecule has 0 radical (unpaired) electrons. The van der Waals surface area contributed by atoms with Crippen LogP contribution in [-0.2, 0) is 4.74 Å². The Labute approximate surface area is 136 Å². The zero-order chi connectivity index (χ0) is 15.4. The van der Waals surface area contributed by atoms with Crippen LogP contribution in [-0.4, -0.2) is 47.4 Å². The van der Waals surface area contributed by atoms with Crippen molar-refractivity contribution in [3.05, 3.63) is 11.8 Å². The summed E-state index contributed by atoms with van der Waals surface area (Å²) in [6.07, 6.45) is 4.95. The number of aromatic nitrogens is 2. The van der Waals surface area contributed by atoms with Crippen LogP contribution in [0.25, 0.3) is 0 Å². The number of thiocarbonyl (C=S) groups is 1. The van der Waals surface area contributed by atoms with Gasteiger partial charge in [0.2, 0.25) is 5.95 Å². The second-order valence-corrected chi connectivity index (χ2v) is 6.26. The average Bonchev–Trinajstić information content (AvgIpc) is 3.18. The second kappa shape index (κ2) is 7.19. The van der Waals surface area contributed by atoms with Crippen molar-refractivity contribution in [2.45, 2.75) is 38.7 Å². The summed E-state index contributed by atoms with van der Waals surface area (Å²) in [4.78, 5) is 11.3. The van der Waals surface area contributed by atoms with Crippen LogP contribution < -0.4 is 15.5 Å². The monoisotopic (exact) mass is 321 g/mol. The summed E-state index contributed by atoms with van der Waals surface area (Å²) in [6.45, 7) is 5.70. The summed E-state index contributed by atoms with van der Waals surface area (Å²) in [5.74, 6) is 1.54. The Morgan fingerprint density at radius 1 is 1.36 bits per heavy atom. The molecule has 3 heterocycles. The molecule has 120 valence electrons. The van der Waals surface area contributed by atoms with Gasteiger partial charge in [0, 0.05) is 38.0 Å². The van der Waals surface area contributed by atoms with Crippen LogP contribution in [0.2, 0.25) is 0 Å². The van der Waals surface area contributed by atoms with E-state index in [1.165, 1.54) is 12.8 Å². The minimum absolute atomic E-state index is 0.262. The Hall–Kier alpha value is -1.47. The maximum atomic E-state index is 5.57. The number of nitrogens with one attached hydrogen (secondary N) is 2. The number of hydrogen-bond acceptors (Lipinski definition) is 5. The number of rotatable bonds is 4. The van der Waals surface area contributed by atoms with Crippen molar-refractivity contribution in [2.24, 2.45) is 0 Å². The molecular weight excluding hydrogens is 298 g/mol. The van der Waals surface area contributed by atoms with Gasteiger partial charge in [-0.25, -0.2) is 4.98 Å². The first-order chi connectivity index (χ1) is 10.7. The average molecular weight is 321 g/mol. The molecule has 0 bridgehead atoms. The number of ether oxygens (including phenoxy) is 1. The van der Waals surface area contributed by atoms with E-state index in [0.717, 1.165) is 50.6 Å². The summed E-state index contributed by atoms with van der Waals surface area (Å²) < 4.78 is 5.57. The van der Waals surface area contributed by atoms with Gasteiger partial charge in [-0.1, -0.05) is 0 Å². The molecule has 1 unspecified atom stereocenters. The van der Waals surface area contributed by atoms with Crippen LogP contribution in [0.1, 0.15) is 31.4 Å². The molecule has 7 heteroatoms. The van der Waals surface area contributed by atoms with E-state index in [0.29, 0.717) is 11.1 Å². The van der Waals surface area contributed by atoms with Crippen LogP contribution in [0.3, 0.4) is 0 Å². The van der Waals surface area contributed by atoms with Gasteiger partial charge in [-0.3, -0.25) is 0 Å². The van der Waals surface area contributed by atoms with Gasteiger partial charge in [-0.05, 0) is 44.8 Å². The van der Waals surface area contributed by atoms with Gasteiger partial charge in [-0.2, -0.15) is 4.98 Å². The quantitative estimate of drug-likeness (QED) is 0.821.